The molecule has 0 aromatic heterocycles. The van der Waals surface area contributed by atoms with E-state index in [0.29, 0.717) is 13.0 Å². The van der Waals surface area contributed by atoms with Crippen molar-refractivity contribution < 1.29 is 23.1 Å². The van der Waals surface area contributed by atoms with Gasteiger partial charge in [0.25, 0.3) is 0 Å². The maximum Gasteiger partial charge on any atom is 0.308 e. The van der Waals surface area contributed by atoms with Crippen molar-refractivity contribution in [2.75, 3.05) is 13.1 Å². The van der Waals surface area contributed by atoms with Crippen LogP contribution in [0.2, 0.25) is 0 Å². The first-order valence-electron chi connectivity index (χ1n) is 7.55. The summed E-state index contributed by atoms with van der Waals surface area (Å²) in [5.41, 5.74) is 0.719. The van der Waals surface area contributed by atoms with Crippen molar-refractivity contribution in [2.45, 2.75) is 36.8 Å². The minimum absolute atomic E-state index is 0.131. The minimum atomic E-state index is -3.32. The molecule has 0 saturated carbocycles. The second-order valence-corrected chi connectivity index (χ2v) is 8.58. The quantitative estimate of drug-likeness (QED) is 0.874. The van der Waals surface area contributed by atoms with E-state index in [-0.39, 0.29) is 23.8 Å². The number of carbonyl (C=O) groups is 2. The summed E-state index contributed by atoms with van der Waals surface area (Å²) in [7, 11) is -3.32. The minimum Gasteiger partial charge on any atom is -0.481 e. The highest BCUT2D eigenvalue weighted by molar-refractivity contribution is 7.92. The smallest absolute Gasteiger partial charge is 0.308 e. The Balaban J connectivity index is 2.02. The number of carboxylic acids is 1. The number of aliphatic carboxylic acids is 1. The van der Waals surface area contributed by atoms with Crippen LogP contribution in [0.25, 0.3) is 0 Å². The summed E-state index contributed by atoms with van der Waals surface area (Å²) in [6, 6.07) is 6.31. The maximum atomic E-state index is 12.2. The normalized spacial score (nSPS) is 18.4. The Kier molecular flexibility index (Phi) is 5.09. The van der Waals surface area contributed by atoms with E-state index in [0.717, 1.165) is 5.56 Å². The summed E-state index contributed by atoms with van der Waals surface area (Å²) in [6.07, 6.45) is 0.626. The molecule has 0 bridgehead atoms. The van der Waals surface area contributed by atoms with E-state index in [1.54, 1.807) is 30.9 Å². The van der Waals surface area contributed by atoms with Gasteiger partial charge in [0.2, 0.25) is 5.91 Å². The number of hydrogen-bond acceptors (Lipinski definition) is 4. The lowest BCUT2D eigenvalue weighted by Gasteiger charge is -2.16. The number of nitrogens with zero attached hydrogens (tertiary/aromatic N) is 1. The van der Waals surface area contributed by atoms with Crippen LogP contribution in [0.1, 0.15) is 25.8 Å². The molecule has 1 saturated heterocycles. The number of likely N-dealkylation sites (tertiary alicyclic amines) is 1. The van der Waals surface area contributed by atoms with Gasteiger partial charge in [-0.2, -0.15) is 0 Å². The fourth-order valence-electron chi connectivity index (χ4n) is 2.54. The highest BCUT2D eigenvalue weighted by atomic mass is 32.2. The molecule has 1 heterocycles. The van der Waals surface area contributed by atoms with Crippen LogP contribution in [-0.2, 0) is 25.8 Å². The van der Waals surface area contributed by atoms with Gasteiger partial charge in [0.1, 0.15) is 0 Å². The molecule has 6 nitrogen and oxygen atoms in total. The van der Waals surface area contributed by atoms with Gasteiger partial charge < -0.3 is 10.0 Å². The topological polar surface area (TPSA) is 91.8 Å². The largest absolute Gasteiger partial charge is 0.481 e. The second kappa shape index (κ2) is 6.70. The fourth-order valence-corrected chi connectivity index (χ4v) is 3.60. The van der Waals surface area contributed by atoms with Crippen LogP contribution in [0, 0.1) is 5.92 Å². The van der Waals surface area contributed by atoms with Gasteiger partial charge in [-0.25, -0.2) is 8.42 Å². The third-order valence-electron chi connectivity index (χ3n) is 4.12. The third kappa shape index (κ3) is 3.90. The zero-order valence-corrected chi connectivity index (χ0v) is 14.0. The van der Waals surface area contributed by atoms with Gasteiger partial charge in [0.05, 0.1) is 22.5 Å². The molecule has 0 radical (unpaired) electrons. The van der Waals surface area contributed by atoms with Crippen molar-refractivity contribution in [3.63, 3.8) is 0 Å². The molecule has 1 fully saturated rings. The number of carbonyl (C=O) groups excluding carboxylic acids is 1. The van der Waals surface area contributed by atoms with Crippen LogP contribution >= 0.6 is 0 Å². The van der Waals surface area contributed by atoms with E-state index in [4.69, 9.17) is 5.11 Å². The molecular formula is C16H21NO5S. The van der Waals surface area contributed by atoms with Gasteiger partial charge in [-0.1, -0.05) is 12.1 Å². The monoisotopic (exact) mass is 339 g/mol. The predicted molar refractivity (Wildman–Crippen MR) is 84.8 cm³/mol. The molecule has 1 aliphatic rings. The molecule has 7 heteroatoms. The summed E-state index contributed by atoms with van der Waals surface area (Å²) in [5.74, 6) is -1.49. The molecule has 1 aromatic rings. The molecule has 1 aromatic carbocycles. The van der Waals surface area contributed by atoms with Crippen LogP contribution in [0.5, 0.6) is 0 Å². The van der Waals surface area contributed by atoms with E-state index in [2.05, 4.69) is 0 Å². The second-order valence-electron chi connectivity index (χ2n) is 6.08. The van der Waals surface area contributed by atoms with E-state index in [1.165, 1.54) is 12.1 Å². The molecule has 2 rings (SSSR count). The van der Waals surface area contributed by atoms with Gasteiger partial charge in [0.15, 0.2) is 9.84 Å². The molecular weight excluding hydrogens is 318 g/mol. The van der Waals surface area contributed by atoms with E-state index in [9.17, 15) is 18.0 Å². The molecule has 1 amide bonds. The summed E-state index contributed by atoms with van der Waals surface area (Å²) in [6.45, 7) is 3.95. The Labute approximate surface area is 136 Å². The van der Waals surface area contributed by atoms with Crippen LogP contribution in [0.3, 0.4) is 0 Å². The Morgan fingerprint density at radius 3 is 2.35 bits per heavy atom. The Bertz CT molecular complexity index is 694. The number of rotatable bonds is 5. The Morgan fingerprint density at radius 2 is 1.87 bits per heavy atom. The van der Waals surface area contributed by atoms with Crippen molar-refractivity contribution in [1.82, 2.24) is 4.90 Å². The molecule has 1 aliphatic heterocycles. The van der Waals surface area contributed by atoms with E-state index in [1.807, 2.05) is 0 Å². The van der Waals surface area contributed by atoms with Crippen molar-refractivity contribution in [3.05, 3.63) is 29.8 Å². The highest BCUT2D eigenvalue weighted by Crippen LogP contribution is 2.19. The first kappa shape index (κ1) is 17.5. The number of hydrogen-bond donors (Lipinski definition) is 1. The average Bonchev–Trinajstić information content (AvgIpc) is 2.97. The molecule has 0 aliphatic carbocycles. The Hall–Kier alpha value is -1.89. The van der Waals surface area contributed by atoms with Crippen molar-refractivity contribution >= 4 is 21.7 Å². The molecule has 1 N–H and O–H groups in total. The number of benzene rings is 1. The zero-order chi connectivity index (χ0) is 17.2. The first-order chi connectivity index (χ1) is 10.7. The third-order valence-corrected chi connectivity index (χ3v) is 6.29. The molecule has 1 unspecified atom stereocenters. The average molecular weight is 339 g/mol. The van der Waals surface area contributed by atoms with Crippen LogP contribution < -0.4 is 0 Å². The zero-order valence-electron chi connectivity index (χ0n) is 13.2. The molecule has 1 atom stereocenters. The lowest BCUT2D eigenvalue weighted by molar-refractivity contribution is -0.141. The predicted octanol–water partition coefficient (Wildman–Crippen LogP) is 1.34. The van der Waals surface area contributed by atoms with Gasteiger partial charge >= 0.3 is 5.97 Å². The number of carboxylic acid groups (broad SMARTS) is 1. The summed E-state index contributed by atoms with van der Waals surface area (Å²) < 4.78 is 24.1. The van der Waals surface area contributed by atoms with Gasteiger partial charge in [0, 0.05) is 13.1 Å². The lowest BCUT2D eigenvalue weighted by Crippen LogP contribution is -2.31. The molecule has 23 heavy (non-hydrogen) atoms. The SMILES string of the molecule is CC(C)S(=O)(=O)c1ccc(CC(=O)N2CCC(C(=O)O)C2)cc1. The first-order valence-corrected chi connectivity index (χ1v) is 9.10. The van der Waals surface area contributed by atoms with Crippen molar-refractivity contribution in [2.24, 2.45) is 5.92 Å². The van der Waals surface area contributed by atoms with Gasteiger partial charge in [-0.3, -0.25) is 9.59 Å². The van der Waals surface area contributed by atoms with Gasteiger partial charge in [-0.15, -0.1) is 0 Å². The Morgan fingerprint density at radius 1 is 1.26 bits per heavy atom. The van der Waals surface area contributed by atoms with Crippen LogP contribution in [0.4, 0.5) is 0 Å². The van der Waals surface area contributed by atoms with E-state index < -0.39 is 27.0 Å². The van der Waals surface area contributed by atoms with Crippen molar-refractivity contribution in [3.8, 4) is 0 Å². The van der Waals surface area contributed by atoms with Gasteiger partial charge in [-0.05, 0) is 38.0 Å². The maximum absolute atomic E-state index is 12.2. The molecule has 126 valence electrons. The number of amides is 1. The lowest BCUT2D eigenvalue weighted by atomic mass is 10.1. The summed E-state index contributed by atoms with van der Waals surface area (Å²) >= 11 is 0. The number of sulfone groups is 1. The standard InChI is InChI=1S/C16H21NO5S/c1-11(2)23(21,22)14-5-3-12(4-6-14)9-15(18)17-8-7-13(10-17)16(19)20/h3-6,11,13H,7-10H2,1-2H3,(H,19,20). The molecule has 0 spiro atoms. The van der Waals surface area contributed by atoms with Crippen LogP contribution in [-0.4, -0.2) is 48.6 Å². The fraction of sp³-hybridized carbons (Fsp3) is 0.500. The summed E-state index contributed by atoms with van der Waals surface area (Å²) in [5, 5.41) is 8.47. The summed E-state index contributed by atoms with van der Waals surface area (Å²) in [4.78, 5) is 24.9. The highest BCUT2D eigenvalue weighted by Gasteiger charge is 2.30. The van der Waals surface area contributed by atoms with Crippen LogP contribution in [0.15, 0.2) is 29.2 Å². The van der Waals surface area contributed by atoms with Crippen molar-refractivity contribution in [1.29, 1.82) is 0 Å². The van der Waals surface area contributed by atoms with E-state index >= 15 is 0 Å².